The Hall–Kier alpha value is -1.02. The van der Waals surface area contributed by atoms with Crippen molar-refractivity contribution in [3.8, 4) is 0 Å². The van der Waals surface area contributed by atoms with E-state index in [1.807, 2.05) is 27.2 Å². The van der Waals surface area contributed by atoms with Gasteiger partial charge in [0.15, 0.2) is 0 Å². The summed E-state index contributed by atoms with van der Waals surface area (Å²) in [5.74, 6) is -0.169. The summed E-state index contributed by atoms with van der Waals surface area (Å²) in [5, 5.41) is 14.0. The fraction of sp³-hybridized carbons (Fsp3) is 0.929. The largest absolute Gasteiger partial charge is 0.472 e. The monoisotopic (exact) mass is 1140 g/mol. The molecular formula is C70H140N2O6P+. The number of nitrogens with zero attached hydrogens (tertiary/aromatic N) is 1. The van der Waals surface area contributed by atoms with Crippen molar-refractivity contribution in [2.75, 3.05) is 40.9 Å². The first kappa shape index (κ1) is 78.0. The summed E-state index contributed by atoms with van der Waals surface area (Å²) in [4.78, 5) is 23.4. The number of aliphatic hydroxyl groups excluding tert-OH is 1. The van der Waals surface area contributed by atoms with E-state index < -0.39 is 20.0 Å². The Labute approximate surface area is 494 Å². The summed E-state index contributed by atoms with van der Waals surface area (Å²) in [6.07, 6.45) is 80.4. The summed E-state index contributed by atoms with van der Waals surface area (Å²) >= 11 is 0. The Morgan fingerprint density at radius 1 is 0.418 bits per heavy atom. The molecule has 0 spiro atoms. The van der Waals surface area contributed by atoms with Crippen molar-refractivity contribution in [1.82, 2.24) is 5.32 Å². The van der Waals surface area contributed by atoms with Gasteiger partial charge in [0, 0.05) is 6.42 Å². The van der Waals surface area contributed by atoms with Gasteiger partial charge in [0.05, 0.1) is 39.9 Å². The molecule has 0 aromatic carbocycles. The van der Waals surface area contributed by atoms with Gasteiger partial charge in [-0.3, -0.25) is 13.8 Å². The first-order valence-corrected chi connectivity index (χ1v) is 36.7. The van der Waals surface area contributed by atoms with Gasteiger partial charge in [-0.2, -0.15) is 0 Å². The first-order valence-electron chi connectivity index (χ1n) is 35.2. The lowest BCUT2D eigenvalue weighted by atomic mass is 10.0. The van der Waals surface area contributed by atoms with E-state index in [2.05, 4.69) is 31.3 Å². The Balaban J connectivity index is 4.03. The second-order valence-electron chi connectivity index (χ2n) is 25.6. The predicted octanol–water partition coefficient (Wildman–Crippen LogP) is 22.3. The Morgan fingerprint density at radius 2 is 0.684 bits per heavy atom. The van der Waals surface area contributed by atoms with Gasteiger partial charge in [-0.15, -0.1) is 0 Å². The zero-order valence-electron chi connectivity index (χ0n) is 53.9. The molecule has 0 radical (unpaired) electrons. The zero-order chi connectivity index (χ0) is 57.7. The van der Waals surface area contributed by atoms with Gasteiger partial charge in [-0.1, -0.05) is 340 Å². The Kier molecular flexibility index (Phi) is 60.7. The number of phosphoric acid groups is 1. The summed E-state index contributed by atoms with van der Waals surface area (Å²) in [5.41, 5.74) is 0. The average molecular weight is 1140 g/mol. The molecule has 79 heavy (non-hydrogen) atoms. The van der Waals surface area contributed by atoms with Crippen molar-refractivity contribution in [2.45, 2.75) is 379 Å². The van der Waals surface area contributed by atoms with E-state index in [0.717, 1.165) is 32.1 Å². The lowest BCUT2D eigenvalue weighted by molar-refractivity contribution is -0.870. The number of allylic oxidation sites excluding steroid dienone is 3. The number of phosphoric ester groups is 1. The molecule has 8 nitrogen and oxygen atoms in total. The van der Waals surface area contributed by atoms with Gasteiger partial charge in [0.1, 0.15) is 13.2 Å². The summed E-state index contributed by atoms with van der Waals surface area (Å²) in [6.45, 7) is 4.88. The lowest BCUT2D eigenvalue weighted by Gasteiger charge is -2.25. The van der Waals surface area contributed by atoms with Crippen LogP contribution in [0, 0.1) is 0 Å². The van der Waals surface area contributed by atoms with Crippen LogP contribution in [0.25, 0.3) is 0 Å². The second-order valence-corrected chi connectivity index (χ2v) is 27.1. The topological polar surface area (TPSA) is 105 Å². The zero-order valence-corrected chi connectivity index (χ0v) is 54.8. The number of aliphatic hydroxyl groups is 1. The van der Waals surface area contributed by atoms with Crippen LogP contribution in [-0.2, 0) is 18.4 Å². The van der Waals surface area contributed by atoms with Crippen molar-refractivity contribution in [1.29, 1.82) is 0 Å². The standard InChI is InChI=1S/C70H139N2O6P/c1-6-8-10-12-14-16-18-20-22-24-26-28-30-32-33-34-35-36-37-38-40-42-44-46-48-50-52-54-56-58-60-62-64-70(74)71-68(67-78-79(75,76)77-66-65-72(3,4)5)69(73)63-61-59-57-55-53-51-49-47-45-43-41-39-31-29-27-25-23-21-19-17-15-13-11-9-7-2/h32-33,61,63,68-69,73H,6-31,34-60,62,64-67H2,1-5H3,(H-,71,74,75,76)/p+1/b33-32-,63-61+. The molecule has 1 amide bonds. The summed E-state index contributed by atoms with van der Waals surface area (Å²) in [6, 6.07) is -0.846. The third-order valence-corrected chi connectivity index (χ3v) is 17.4. The number of carbonyl (C=O) groups excluding carboxylic acids is 1. The van der Waals surface area contributed by atoms with Gasteiger partial charge in [0.2, 0.25) is 5.91 Å². The van der Waals surface area contributed by atoms with Crippen LogP contribution < -0.4 is 5.32 Å². The van der Waals surface area contributed by atoms with Gasteiger partial charge >= 0.3 is 7.82 Å². The molecule has 3 N–H and O–H groups in total. The minimum absolute atomic E-state index is 0.0642. The normalized spacial score (nSPS) is 13.8. The van der Waals surface area contributed by atoms with Crippen molar-refractivity contribution in [3.63, 3.8) is 0 Å². The number of amides is 1. The third kappa shape index (κ3) is 64.4. The van der Waals surface area contributed by atoms with E-state index in [-0.39, 0.29) is 19.1 Å². The van der Waals surface area contributed by atoms with Gasteiger partial charge in [0.25, 0.3) is 0 Å². The maximum Gasteiger partial charge on any atom is 0.472 e. The number of unbranched alkanes of at least 4 members (excludes halogenated alkanes) is 51. The number of likely N-dealkylation sites (N-methyl/N-ethyl adjacent to an activating group) is 1. The lowest BCUT2D eigenvalue weighted by Crippen LogP contribution is -2.45. The number of rotatable bonds is 66. The molecule has 0 aliphatic carbocycles. The third-order valence-electron chi connectivity index (χ3n) is 16.4. The molecule has 3 unspecified atom stereocenters. The van der Waals surface area contributed by atoms with Crippen LogP contribution in [0.15, 0.2) is 24.3 Å². The molecule has 0 heterocycles. The van der Waals surface area contributed by atoms with Crippen LogP contribution in [-0.4, -0.2) is 73.4 Å². The van der Waals surface area contributed by atoms with Gasteiger partial charge in [-0.05, 0) is 44.9 Å². The SMILES string of the molecule is CCCCCCCCCCCCCC/C=C\CCCCCCCCCCCCCCCCCCC(=O)NC(COP(=O)(O)OCC[N+](C)(C)C)C(O)/C=C/CCCCCCCCCCCCCCCCCCCCCCCCC. The highest BCUT2D eigenvalue weighted by Crippen LogP contribution is 2.43. The molecule has 470 valence electrons. The Bertz CT molecular complexity index is 1340. The fourth-order valence-electron chi connectivity index (χ4n) is 10.9. The predicted molar refractivity (Wildman–Crippen MR) is 346 cm³/mol. The Morgan fingerprint density at radius 3 is 0.975 bits per heavy atom. The number of hydrogen-bond acceptors (Lipinski definition) is 5. The average Bonchev–Trinajstić information content (AvgIpc) is 3.42. The number of quaternary nitrogens is 1. The molecule has 0 aromatic rings. The molecule has 0 aliphatic rings. The number of carbonyl (C=O) groups is 1. The van der Waals surface area contributed by atoms with Crippen LogP contribution in [0.5, 0.6) is 0 Å². The van der Waals surface area contributed by atoms with Crippen molar-refractivity contribution >= 4 is 13.7 Å². The molecular weight excluding hydrogens is 996 g/mol. The van der Waals surface area contributed by atoms with Crippen LogP contribution in [0.1, 0.15) is 367 Å². The number of nitrogens with one attached hydrogen (secondary N) is 1. The number of hydrogen-bond donors (Lipinski definition) is 3. The molecule has 0 saturated carbocycles. The second kappa shape index (κ2) is 61.5. The molecule has 0 aromatic heterocycles. The van der Waals surface area contributed by atoms with Gasteiger partial charge in [-0.25, -0.2) is 4.57 Å². The van der Waals surface area contributed by atoms with E-state index >= 15 is 0 Å². The molecule has 0 bridgehead atoms. The van der Waals surface area contributed by atoms with Crippen LogP contribution >= 0.6 is 7.82 Å². The minimum atomic E-state index is -4.35. The minimum Gasteiger partial charge on any atom is -0.387 e. The summed E-state index contributed by atoms with van der Waals surface area (Å²) < 4.78 is 23.8. The highest BCUT2D eigenvalue weighted by atomic mass is 31.2. The maximum atomic E-state index is 13.1. The molecule has 0 fully saturated rings. The molecule has 9 heteroatoms. The molecule has 3 atom stereocenters. The smallest absolute Gasteiger partial charge is 0.387 e. The van der Waals surface area contributed by atoms with E-state index in [0.29, 0.717) is 17.4 Å². The van der Waals surface area contributed by atoms with Gasteiger partial charge < -0.3 is 19.8 Å². The van der Waals surface area contributed by atoms with Crippen LogP contribution in [0.2, 0.25) is 0 Å². The highest BCUT2D eigenvalue weighted by Gasteiger charge is 2.28. The molecule has 0 aliphatic heterocycles. The summed E-state index contributed by atoms with van der Waals surface area (Å²) in [7, 11) is 1.59. The van der Waals surface area contributed by atoms with E-state index in [9.17, 15) is 19.4 Å². The van der Waals surface area contributed by atoms with E-state index in [1.54, 1.807) is 6.08 Å². The quantitative estimate of drug-likeness (QED) is 0.0243. The van der Waals surface area contributed by atoms with Crippen LogP contribution in [0.4, 0.5) is 0 Å². The fourth-order valence-corrected chi connectivity index (χ4v) is 11.7. The van der Waals surface area contributed by atoms with Crippen molar-refractivity contribution < 1.29 is 32.9 Å². The van der Waals surface area contributed by atoms with Crippen molar-refractivity contribution in [3.05, 3.63) is 24.3 Å². The van der Waals surface area contributed by atoms with Crippen LogP contribution in [0.3, 0.4) is 0 Å². The molecule has 0 rings (SSSR count). The highest BCUT2D eigenvalue weighted by molar-refractivity contribution is 7.47. The first-order chi connectivity index (χ1) is 38.5. The van der Waals surface area contributed by atoms with E-state index in [1.165, 1.54) is 315 Å². The van der Waals surface area contributed by atoms with Crippen molar-refractivity contribution in [2.24, 2.45) is 0 Å². The van der Waals surface area contributed by atoms with E-state index in [4.69, 9.17) is 9.05 Å². The molecule has 0 saturated heterocycles. The maximum absolute atomic E-state index is 13.1.